The average molecular weight is 460 g/mol. The zero-order valence-electron chi connectivity index (χ0n) is 16.2. The predicted octanol–water partition coefficient (Wildman–Crippen LogP) is 4.91. The molecule has 0 saturated heterocycles. The van der Waals surface area contributed by atoms with Crippen molar-refractivity contribution in [2.75, 3.05) is 23.3 Å². The maximum Gasteiger partial charge on any atom is 0.433 e. The Morgan fingerprint density at radius 2 is 1.84 bits per heavy atom. The number of anilines is 2. The van der Waals surface area contributed by atoms with E-state index in [0.717, 1.165) is 6.07 Å². The Bertz CT molecular complexity index is 1070. The van der Waals surface area contributed by atoms with Crippen molar-refractivity contribution in [2.45, 2.75) is 31.6 Å². The summed E-state index contributed by atoms with van der Waals surface area (Å²) in [5.41, 5.74) is -3.85. The Balaban J connectivity index is 1.93. The van der Waals surface area contributed by atoms with E-state index in [2.05, 4.69) is 10.3 Å². The van der Waals surface area contributed by atoms with Gasteiger partial charge in [0.15, 0.2) is 0 Å². The summed E-state index contributed by atoms with van der Waals surface area (Å²) in [7, 11) is 0. The van der Waals surface area contributed by atoms with Crippen molar-refractivity contribution in [3.8, 4) is 6.07 Å². The number of nitriles is 1. The van der Waals surface area contributed by atoms with Gasteiger partial charge in [-0.3, -0.25) is 4.79 Å². The largest absolute Gasteiger partial charge is 0.433 e. The molecule has 0 fully saturated rings. The van der Waals surface area contributed by atoms with Gasteiger partial charge in [-0.25, -0.2) is 9.37 Å². The van der Waals surface area contributed by atoms with Gasteiger partial charge in [0.25, 0.3) is 0 Å². The minimum absolute atomic E-state index is 0.230. The summed E-state index contributed by atoms with van der Waals surface area (Å²) in [4.78, 5) is 17.1. The van der Waals surface area contributed by atoms with Gasteiger partial charge in [-0.2, -0.15) is 31.6 Å². The van der Waals surface area contributed by atoms with E-state index < -0.39 is 53.3 Å². The molecule has 0 radical (unpaired) electrons. The molecule has 3 rings (SSSR count). The van der Waals surface area contributed by atoms with Crippen LogP contribution >= 0.6 is 0 Å². The van der Waals surface area contributed by atoms with E-state index in [4.69, 9.17) is 5.26 Å². The molecule has 1 aliphatic rings. The molecule has 5 nitrogen and oxygen atoms in total. The van der Waals surface area contributed by atoms with Crippen LogP contribution in [0, 0.1) is 17.1 Å². The summed E-state index contributed by atoms with van der Waals surface area (Å²) in [6.45, 7) is -0.495. The van der Waals surface area contributed by atoms with Crippen LogP contribution in [-0.4, -0.2) is 24.0 Å². The number of hydrogen-bond donors (Lipinski definition) is 1. The van der Waals surface area contributed by atoms with E-state index >= 15 is 0 Å². The number of pyridine rings is 1. The smallest absolute Gasteiger partial charge is 0.360 e. The summed E-state index contributed by atoms with van der Waals surface area (Å²) < 4.78 is 92.4. The average Bonchev–Trinajstić information content (AvgIpc) is 2.91. The topological polar surface area (TPSA) is 69.0 Å². The van der Waals surface area contributed by atoms with Gasteiger partial charge < -0.3 is 10.2 Å². The molecule has 32 heavy (non-hydrogen) atoms. The third kappa shape index (κ3) is 4.92. The van der Waals surface area contributed by atoms with Gasteiger partial charge in [-0.1, -0.05) is 0 Å². The molecule has 2 heterocycles. The van der Waals surface area contributed by atoms with Crippen molar-refractivity contribution >= 4 is 17.4 Å². The second kappa shape index (κ2) is 8.64. The van der Waals surface area contributed by atoms with Crippen LogP contribution in [0.4, 0.5) is 42.2 Å². The lowest BCUT2D eigenvalue weighted by Crippen LogP contribution is -2.36. The maximum absolute atomic E-state index is 13.5. The zero-order valence-corrected chi connectivity index (χ0v) is 16.2. The summed E-state index contributed by atoms with van der Waals surface area (Å²) in [5, 5.41) is 11.3. The molecule has 0 spiro atoms. The number of rotatable bonds is 3. The molecule has 170 valence electrons. The van der Waals surface area contributed by atoms with Crippen LogP contribution in [0.2, 0.25) is 0 Å². The highest BCUT2D eigenvalue weighted by Gasteiger charge is 2.41. The fourth-order valence-electron chi connectivity index (χ4n) is 3.39. The lowest BCUT2D eigenvalue weighted by atomic mass is 10.1. The Hall–Kier alpha value is -3.36. The van der Waals surface area contributed by atoms with Crippen LogP contribution in [0.5, 0.6) is 0 Å². The first-order valence-corrected chi connectivity index (χ1v) is 9.34. The second-order valence-electron chi connectivity index (χ2n) is 7.02. The van der Waals surface area contributed by atoms with Gasteiger partial charge in [-0.15, -0.1) is 0 Å². The Morgan fingerprint density at radius 3 is 2.47 bits per heavy atom. The number of alkyl halides is 6. The molecular formula is C20H15F7N4O. The zero-order chi connectivity index (χ0) is 23.7. The Morgan fingerprint density at radius 1 is 1.12 bits per heavy atom. The van der Waals surface area contributed by atoms with Crippen molar-refractivity contribution in [1.82, 2.24) is 4.98 Å². The SMILES string of the molecule is N#Cc1c(C(F)(F)F)cc(C(F)(F)F)nc1NCC(=O)N1CCCCc2cc(F)ccc21. The van der Waals surface area contributed by atoms with Gasteiger partial charge >= 0.3 is 12.4 Å². The predicted molar refractivity (Wildman–Crippen MR) is 99.1 cm³/mol. The second-order valence-corrected chi connectivity index (χ2v) is 7.02. The minimum atomic E-state index is -5.25. The molecule has 1 amide bonds. The number of aryl methyl sites for hydroxylation is 1. The number of benzene rings is 1. The maximum atomic E-state index is 13.5. The van der Waals surface area contributed by atoms with E-state index in [1.807, 2.05) is 0 Å². The molecule has 12 heteroatoms. The van der Waals surface area contributed by atoms with Gasteiger partial charge in [0, 0.05) is 12.2 Å². The van der Waals surface area contributed by atoms with Crippen molar-refractivity contribution in [2.24, 2.45) is 0 Å². The number of nitrogens with one attached hydrogen (secondary N) is 1. The van der Waals surface area contributed by atoms with Gasteiger partial charge in [0.1, 0.15) is 29.0 Å². The van der Waals surface area contributed by atoms with Crippen LogP contribution < -0.4 is 10.2 Å². The van der Waals surface area contributed by atoms with Crippen LogP contribution in [0.25, 0.3) is 0 Å². The van der Waals surface area contributed by atoms with Gasteiger partial charge in [0.05, 0.1) is 12.1 Å². The van der Waals surface area contributed by atoms with Crippen molar-refractivity contribution in [3.05, 3.63) is 52.5 Å². The number of nitrogens with zero attached hydrogens (tertiary/aromatic N) is 3. The third-order valence-electron chi connectivity index (χ3n) is 4.85. The first-order valence-electron chi connectivity index (χ1n) is 9.34. The lowest BCUT2D eigenvalue weighted by Gasteiger charge is -2.24. The Kier molecular flexibility index (Phi) is 6.29. The molecule has 0 aliphatic carbocycles. The van der Waals surface area contributed by atoms with Crippen molar-refractivity contribution in [3.63, 3.8) is 0 Å². The van der Waals surface area contributed by atoms with E-state index in [1.54, 1.807) is 0 Å². The minimum Gasteiger partial charge on any atom is -0.360 e. The first-order chi connectivity index (χ1) is 14.9. The molecule has 1 N–H and O–H groups in total. The van der Waals surface area contributed by atoms with Crippen LogP contribution in [0.1, 0.15) is 35.2 Å². The molecule has 0 unspecified atom stereocenters. The van der Waals surface area contributed by atoms with Crippen molar-refractivity contribution in [1.29, 1.82) is 5.26 Å². The molecule has 1 aromatic heterocycles. The molecule has 0 bridgehead atoms. The van der Waals surface area contributed by atoms with Gasteiger partial charge in [-0.05, 0) is 49.1 Å². The highest BCUT2D eigenvalue weighted by atomic mass is 19.4. The molecule has 0 atom stereocenters. The monoisotopic (exact) mass is 460 g/mol. The number of carbonyl (C=O) groups is 1. The number of amides is 1. The van der Waals surface area contributed by atoms with E-state index in [0.29, 0.717) is 30.5 Å². The highest BCUT2D eigenvalue weighted by Crippen LogP contribution is 2.38. The quantitative estimate of drug-likeness (QED) is 0.661. The van der Waals surface area contributed by atoms with E-state index in [9.17, 15) is 35.5 Å². The first kappa shape index (κ1) is 23.3. The number of halogens is 7. The van der Waals surface area contributed by atoms with Crippen LogP contribution in [-0.2, 0) is 23.6 Å². The fourth-order valence-corrected chi connectivity index (χ4v) is 3.39. The summed E-state index contributed by atoms with van der Waals surface area (Å²) in [5.74, 6) is -2.18. The fraction of sp³-hybridized carbons (Fsp3) is 0.350. The molecule has 1 aliphatic heterocycles. The summed E-state index contributed by atoms with van der Waals surface area (Å²) in [6.07, 6.45) is -8.72. The highest BCUT2D eigenvalue weighted by molar-refractivity contribution is 5.97. The molecule has 2 aromatic rings. The number of hydrogen-bond acceptors (Lipinski definition) is 4. The van der Waals surface area contributed by atoms with Crippen LogP contribution in [0.15, 0.2) is 24.3 Å². The molecule has 0 saturated carbocycles. The number of carbonyl (C=O) groups excluding carboxylic acids is 1. The third-order valence-corrected chi connectivity index (χ3v) is 4.85. The normalized spacial score (nSPS) is 14.4. The Labute approximate surface area is 177 Å². The summed E-state index contributed by atoms with van der Waals surface area (Å²) in [6, 6.07) is 4.77. The molecule has 1 aromatic carbocycles. The van der Waals surface area contributed by atoms with Gasteiger partial charge in [0.2, 0.25) is 5.91 Å². The summed E-state index contributed by atoms with van der Waals surface area (Å²) >= 11 is 0. The molecular weight excluding hydrogens is 445 g/mol. The van der Waals surface area contributed by atoms with Crippen molar-refractivity contribution < 1.29 is 35.5 Å². The number of aromatic nitrogens is 1. The number of fused-ring (bicyclic) bond motifs is 1. The van der Waals surface area contributed by atoms with Crippen LogP contribution in [0.3, 0.4) is 0 Å². The lowest BCUT2D eigenvalue weighted by molar-refractivity contribution is -0.145. The van der Waals surface area contributed by atoms with E-state index in [1.165, 1.54) is 23.1 Å². The standard InChI is InChI=1S/C20H15F7N4O/c21-12-4-5-15-11(7-12)3-1-2-6-31(15)17(32)10-29-18-13(9-28)14(19(22,23)24)8-16(30-18)20(25,26)27/h4-5,7-8H,1-3,6,10H2,(H,29,30). The van der Waals surface area contributed by atoms with E-state index in [-0.39, 0.29) is 12.6 Å².